The number of thiophene rings is 1. The van der Waals surface area contributed by atoms with E-state index in [0.29, 0.717) is 0 Å². The number of fused-ring (bicyclic) bond motifs is 1. The van der Waals surface area contributed by atoms with Gasteiger partial charge in [0.05, 0.1) is 0 Å². The predicted octanol–water partition coefficient (Wildman–Crippen LogP) is 3.99. The maximum absolute atomic E-state index is 10.5. The Morgan fingerprint density at radius 3 is 2.54 bits per heavy atom. The molecule has 0 saturated carbocycles. The van der Waals surface area contributed by atoms with E-state index >= 15 is 0 Å². The molecule has 2 aromatic rings. The summed E-state index contributed by atoms with van der Waals surface area (Å²) in [5.74, 6) is 0. The van der Waals surface area contributed by atoms with Crippen LogP contribution in [0.15, 0.2) is 29.6 Å². The van der Waals surface area contributed by atoms with Gasteiger partial charge >= 0.3 is 0 Å². The van der Waals surface area contributed by atoms with Crippen molar-refractivity contribution in [2.45, 2.75) is 14.9 Å². The van der Waals surface area contributed by atoms with Crippen molar-refractivity contribution in [3.63, 3.8) is 0 Å². The summed E-state index contributed by atoms with van der Waals surface area (Å²) >= 11 is 1.61. The smallest absolute Gasteiger partial charge is 0.151 e. The molecular weight excluding hydrogens is 180 g/mol. The largest absolute Gasteiger partial charge is 0.298 e. The van der Waals surface area contributed by atoms with Gasteiger partial charge in [-0.05, 0) is 6.07 Å². The Balaban J connectivity index is 0.000000720. The minimum atomic E-state index is 0. The van der Waals surface area contributed by atoms with Gasteiger partial charge in [0, 0.05) is 21.0 Å². The van der Waals surface area contributed by atoms with Crippen molar-refractivity contribution in [1.82, 2.24) is 0 Å². The van der Waals surface area contributed by atoms with Crippen LogP contribution in [0.3, 0.4) is 0 Å². The number of hydrogen-bond acceptors (Lipinski definition) is 2. The molecule has 0 amide bonds. The van der Waals surface area contributed by atoms with E-state index in [-0.39, 0.29) is 14.9 Å². The number of hydrogen-bond donors (Lipinski definition) is 0. The zero-order valence-electron chi connectivity index (χ0n) is 5.78. The molecule has 0 aliphatic heterocycles. The molecule has 0 unspecified atom stereocenters. The molecule has 1 heterocycles. The van der Waals surface area contributed by atoms with Crippen LogP contribution in [0.4, 0.5) is 0 Å². The predicted molar refractivity (Wildman–Crippen MR) is 60.7 cm³/mol. The highest BCUT2D eigenvalue weighted by atomic mass is 32.1. The van der Waals surface area contributed by atoms with Crippen molar-refractivity contribution < 1.29 is 4.79 Å². The molecule has 13 heavy (non-hydrogen) atoms. The molecule has 70 valence electrons. The third-order valence-electron chi connectivity index (χ3n) is 1.64. The maximum atomic E-state index is 10.5. The monoisotopic (exact) mass is 194 g/mol. The molecule has 0 spiro atoms. The van der Waals surface area contributed by atoms with Crippen molar-refractivity contribution in [2.75, 3.05) is 0 Å². The molecule has 0 saturated heterocycles. The summed E-state index contributed by atoms with van der Waals surface area (Å²) in [5.41, 5.74) is 0.797. The molecule has 2 rings (SSSR count). The lowest BCUT2D eigenvalue weighted by Crippen LogP contribution is -1.72. The fourth-order valence-corrected chi connectivity index (χ4v) is 2.00. The summed E-state index contributed by atoms with van der Waals surface area (Å²) < 4.78 is 1.18. The molecule has 0 N–H and O–H groups in total. The standard InChI is InChI=1S/C9H6OS.2CH4/c10-5-7-6-11-9-4-2-1-3-8(7)9;;/h1-6H;2*1H4. The summed E-state index contributed by atoms with van der Waals surface area (Å²) in [4.78, 5) is 10.5. The summed E-state index contributed by atoms with van der Waals surface area (Å²) in [7, 11) is 0. The van der Waals surface area contributed by atoms with Crippen molar-refractivity contribution in [3.05, 3.63) is 35.2 Å². The Labute approximate surface area is 83.0 Å². The highest BCUT2D eigenvalue weighted by molar-refractivity contribution is 7.17. The first-order valence-corrected chi connectivity index (χ1v) is 4.21. The molecule has 0 fully saturated rings. The SMILES string of the molecule is C.C.O=Cc1csc2ccccc12. The van der Waals surface area contributed by atoms with Gasteiger partial charge in [0.1, 0.15) is 0 Å². The van der Waals surface area contributed by atoms with Crippen molar-refractivity contribution in [2.24, 2.45) is 0 Å². The van der Waals surface area contributed by atoms with Crippen LogP contribution in [-0.2, 0) is 0 Å². The molecule has 0 aliphatic carbocycles. The number of carbonyl (C=O) groups is 1. The summed E-state index contributed by atoms with van der Waals surface area (Å²) in [5, 5.41) is 2.95. The molecule has 1 aromatic heterocycles. The minimum absolute atomic E-state index is 0. The van der Waals surface area contributed by atoms with E-state index < -0.39 is 0 Å². The van der Waals surface area contributed by atoms with Gasteiger partial charge < -0.3 is 0 Å². The Morgan fingerprint density at radius 2 is 1.85 bits per heavy atom. The van der Waals surface area contributed by atoms with Gasteiger partial charge in [0.2, 0.25) is 0 Å². The molecule has 1 nitrogen and oxygen atoms in total. The van der Waals surface area contributed by atoms with E-state index in [1.54, 1.807) is 11.3 Å². The molecule has 0 radical (unpaired) electrons. The van der Waals surface area contributed by atoms with Crippen LogP contribution in [0.25, 0.3) is 10.1 Å². The Kier molecular flexibility index (Phi) is 4.35. The van der Waals surface area contributed by atoms with E-state index in [1.165, 1.54) is 4.70 Å². The zero-order valence-corrected chi connectivity index (χ0v) is 6.60. The Hall–Kier alpha value is -1.15. The van der Waals surface area contributed by atoms with Crippen LogP contribution in [0.1, 0.15) is 25.2 Å². The lowest BCUT2D eigenvalue weighted by molar-refractivity contribution is 0.112. The van der Waals surface area contributed by atoms with E-state index in [2.05, 4.69) is 0 Å². The minimum Gasteiger partial charge on any atom is -0.298 e. The number of aldehydes is 1. The molecule has 0 atom stereocenters. The first-order chi connectivity index (χ1) is 5.42. The van der Waals surface area contributed by atoms with Crippen LogP contribution >= 0.6 is 11.3 Å². The maximum Gasteiger partial charge on any atom is 0.151 e. The third-order valence-corrected chi connectivity index (χ3v) is 2.62. The van der Waals surface area contributed by atoms with Gasteiger partial charge in [-0.25, -0.2) is 0 Å². The van der Waals surface area contributed by atoms with Gasteiger partial charge in [-0.15, -0.1) is 11.3 Å². The van der Waals surface area contributed by atoms with Crippen molar-refractivity contribution in [3.8, 4) is 0 Å². The van der Waals surface area contributed by atoms with Crippen LogP contribution in [0, 0.1) is 0 Å². The highest BCUT2D eigenvalue weighted by Gasteiger charge is 1.99. The van der Waals surface area contributed by atoms with Gasteiger partial charge in [0.25, 0.3) is 0 Å². The van der Waals surface area contributed by atoms with E-state index in [9.17, 15) is 4.79 Å². The first kappa shape index (κ1) is 11.8. The van der Waals surface area contributed by atoms with E-state index in [0.717, 1.165) is 17.2 Å². The second-order valence-electron chi connectivity index (χ2n) is 2.31. The average Bonchev–Trinajstić information content (AvgIpc) is 2.47. The Morgan fingerprint density at radius 1 is 1.15 bits per heavy atom. The summed E-state index contributed by atoms with van der Waals surface area (Å²) in [6.45, 7) is 0. The zero-order chi connectivity index (χ0) is 7.68. The second kappa shape index (κ2) is 4.77. The van der Waals surface area contributed by atoms with Gasteiger partial charge in [-0.3, -0.25) is 4.79 Å². The van der Waals surface area contributed by atoms with Crippen LogP contribution in [0.5, 0.6) is 0 Å². The van der Waals surface area contributed by atoms with E-state index in [1.807, 2.05) is 29.6 Å². The molecule has 1 aromatic carbocycles. The molecule has 0 bridgehead atoms. The lowest BCUT2D eigenvalue weighted by Gasteiger charge is -1.86. The van der Waals surface area contributed by atoms with Crippen molar-refractivity contribution in [1.29, 1.82) is 0 Å². The van der Waals surface area contributed by atoms with Gasteiger partial charge in [-0.2, -0.15) is 0 Å². The topological polar surface area (TPSA) is 17.1 Å². The van der Waals surface area contributed by atoms with Crippen molar-refractivity contribution >= 4 is 27.7 Å². The highest BCUT2D eigenvalue weighted by Crippen LogP contribution is 2.23. The lowest BCUT2D eigenvalue weighted by atomic mass is 10.2. The number of benzene rings is 1. The average molecular weight is 194 g/mol. The molecular formula is C11H14OS. The van der Waals surface area contributed by atoms with Crippen LogP contribution in [-0.4, -0.2) is 6.29 Å². The van der Waals surface area contributed by atoms with Gasteiger partial charge in [-0.1, -0.05) is 33.1 Å². The van der Waals surface area contributed by atoms with Gasteiger partial charge in [0.15, 0.2) is 6.29 Å². The normalized spacial score (nSPS) is 8.62. The third kappa shape index (κ3) is 1.95. The number of carbonyl (C=O) groups excluding carboxylic acids is 1. The second-order valence-corrected chi connectivity index (χ2v) is 3.22. The van der Waals surface area contributed by atoms with Crippen LogP contribution < -0.4 is 0 Å². The summed E-state index contributed by atoms with van der Waals surface area (Å²) in [6.07, 6.45) is 0.902. The fourth-order valence-electron chi connectivity index (χ4n) is 1.09. The van der Waals surface area contributed by atoms with E-state index in [4.69, 9.17) is 0 Å². The first-order valence-electron chi connectivity index (χ1n) is 3.33. The number of rotatable bonds is 1. The van der Waals surface area contributed by atoms with Crippen LogP contribution in [0.2, 0.25) is 0 Å². The fraction of sp³-hybridized carbons (Fsp3) is 0.182. The Bertz CT molecular complexity index is 390. The molecule has 0 aliphatic rings. The quantitative estimate of drug-likeness (QED) is 0.627. The summed E-state index contributed by atoms with van der Waals surface area (Å²) in [6, 6.07) is 7.91. The molecule has 2 heteroatoms.